The summed E-state index contributed by atoms with van der Waals surface area (Å²) in [7, 11) is 1.70. The number of carbonyl (C=O) groups is 1. The molecule has 1 aliphatic rings. The van der Waals surface area contributed by atoms with Gasteiger partial charge in [0, 0.05) is 48.8 Å². The molecule has 1 aromatic heterocycles. The molecular weight excluding hydrogens is 600 g/mol. The minimum absolute atomic E-state index is 0.0267. The van der Waals surface area contributed by atoms with Crippen molar-refractivity contribution in [2.45, 2.75) is 33.1 Å². The van der Waals surface area contributed by atoms with Gasteiger partial charge >= 0.3 is 0 Å². The Bertz CT molecular complexity index is 1990. The van der Waals surface area contributed by atoms with E-state index >= 15 is 0 Å². The highest BCUT2D eigenvalue weighted by Gasteiger charge is 2.24. The van der Waals surface area contributed by atoms with E-state index in [1.807, 2.05) is 97.9 Å². The monoisotopic (exact) mass is 642 g/mol. The number of morpholine rings is 1. The molecule has 5 aromatic rings. The van der Waals surface area contributed by atoms with Gasteiger partial charge in [0.2, 0.25) is 0 Å². The second-order valence-corrected chi connectivity index (χ2v) is 13.1. The van der Waals surface area contributed by atoms with Crippen molar-refractivity contribution in [1.82, 2.24) is 9.55 Å². The van der Waals surface area contributed by atoms with E-state index in [2.05, 4.69) is 31.0 Å². The zero-order valence-electron chi connectivity index (χ0n) is 28.2. The Morgan fingerprint density at radius 3 is 2.31 bits per heavy atom. The standard InChI is InChI=1S/C39H42N6O3/c1-26-31(33-25-43(5)38(47)36(42-33)41-29-18-19-35(32(40)24-29)44-20-22-48-23-21-44)12-9-13-34(26)45(30-10-7-6-8-11-30)37(46)27-14-16-28(17-15-27)39(2,3)4/h6-19,24-25H,20-23,40H2,1-5H3,(H,41,42). The normalized spacial score (nSPS) is 13.3. The third kappa shape index (κ3) is 6.68. The first-order chi connectivity index (χ1) is 23.0. The molecule has 3 N–H and O–H groups in total. The predicted octanol–water partition coefficient (Wildman–Crippen LogP) is 7.19. The van der Waals surface area contributed by atoms with Crippen LogP contribution in [-0.2, 0) is 17.2 Å². The zero-order chi connectivity index (χ0) is 34.0. The summed E-state index contributed by atoms with van der Waals surface area (Å²) in [4.78, 5) is 36.2. The first-order valence-electron chi connectivity index (χ1n) is 16.2. The summed E-state index contributed by atoms with van der Waals surface area (Å²) in [5, 5.41) is 3.20. The van der Waals surface area contributed by atoms with E-state index < -0.39 is 0 Å². The molecule has 48 heavy (non-hydrogen) atoms. The van der Waals surface area contributed by atoms with Gasteiger partial charge in [-0.25, -0.2) is 4.98 Å². The van der Waals surface area contributed by atoms with Gasteiger partial charge in [-0.2, -0.15) is 0 Å². The smallest absolute Gasteiger partial charge is 0.293 e. The Morgan fingerprint density at radius 1 is 0.938 bits per heavy atom. The largest absolute Gasteiger partial charge is 0.397 e. The summed E-state index contributed by atoms with van der Waals surface area (Å²) < 4.78 is 6.99. The summed E-state index contributed by atoms with van der Waals surface area (Å²) in [6.07, 6.45) is 1.72. The van der Waals surface area contributed by atoms with Crippen LogP contribution in [0.25, 0.3) is 11.3 Å². The van der Waals surface area contributed by atoms with Crippen LogP contribution in [0.1, 0.15) is 42.3 Å². The molecule has 2 heterocycles. The van der Waals surface area contributed by atoms with Crippen LogP contribution in [0.5, 0.6) is 0 Å². The fourth-order valence-corrected chi connectivity index (χ4v) is 6.01. The molecule has 9 heteroatoms. The van der Waals surface area contributed by atoms with Crippen LogP contribution in [0.2, 0.25) is 0 Å². The van der Waals surface area contributed by atoms with E-state index in [0.29, 0.717) is 35.8 Å². The number of hydrogen-bond donors (Lipinski definition) is 2. The Hall–Kier alpha value is -5.41. The van der Waals surface area contributed by atoms with E-state index in [-0.39, 0.29) is 22.7 Å². The number of nitrogens with two attached hydrogens (primary N) is 1. The molecule has 9 nitrogen and oxygen atoms in total. The number of benzene rings is 4. The number of rotatable bonds is 7. The number of aryl methyl sites for hydroxylation is 1. The molecule has 1 fully saturated rings. The average molecular weight is 643 g/mol. The lowest BCUT2D eigenvalue weighted by atomic mass is 9.86. The second-order valence-electron chi connectivity index (χ2n) is 13.1. The van der Waals surface area contributed by atoms with Gasteiger partial charge in [-0.05, 0) is 72.0 Å². The molecule has 6 rings (SSSR count). The fraction of sp³-hybridized carbons (Fsp3) is 0.256. The molecule has 0 spiro atoms. The van der Waals surface area contributed by atoms with Crippen molar-refractivity contribution in [3.8, 4) is 11.3 Å². The highest BCUT2D eigenvalue weighted by Crippen LogP contribution is 2.36. The van der Waals surface area contributed by atoms with E-state index in [0.717, 1.165) is 46.8 Å². The Kier molecular flexibility index (Phi) is 9.06. The number of hydrogen-bond acceptors (Lipinski definition) is 7. The highest BCUT2D eigenvalue weighted by atomic mass is 16.5. The van der Waals surface area contributed by atoms with Crippen LogP contribution in [0.3, 0.4) is 0 Å². The molecule has 0 unspecified atom stereocenters. The lowest BCUT2D eigenvalue weighted by Crippen LogP contribution is -2.36. The fourth-order valence-electron chi connectivity index (χ4n) is 6.01. The quantitative estimate of drug-likeness (QED) is 0.181. The minimum Gasteiger partial charge on any atom is -0.397 e. The summed E-state index contributed by atoms with van der Waals surface area (Å²) in [5.41, 5.74) is 13.8. The van der Waals surface area contributed by atoms with E-state index in [9.17, 15) is 9.59 Å². The molecule has 0 bridgehead atoms. The number of anilines is 6. The average Bonchev–Trinajstić information content (AvgIpc) is 3.08. The maximum Gasteiger partial charge on any atom is 0.293 e. The number of para-hydroxylation sites is 1. The molecular formula is C39H42N6O3. The number of nitrogens with zero attached hydrogens (tertiary/aromatic N) is 4. The van der Waals surface area contributed by atoms with Crippen LogP contribution >= 0.6 is 0 Å². The number of nitrogens with one attached hydrogen (secondary N) is 1. The van der Waals surface area contributed by atoms with Crippen LogP contribution in [0, 0.1) is 6.92 Å². The second kappa shape index (κ2) is 13.4. The van der Waals surface area contributed by atoms with E-state index in [1.165, 1.54) is 4.57 Å². The van der Waals surface area contributed by atoms with Gasteiger partial charge in [0.05, 0.1) is 36.0 Å². The molecule has 1 amide bonds. The van der Waals surface area contributed by atoms with Crippen molar-refractivity contribution < 1.29 is 9.53 Å². The van der Waals surface area contributed by atoms with Crippen molar-refractivity contribution in [1.29, 1.82) is 0 Å². The Balaban J connectivity index is 1.36. The van der Waals surface area contributed by atoms with Crippen LogP contribution in [0.4, 0.5) is 34.3 Å². The lowest BCUT2D eigenvalue weighted by Gasteiger charge is -2.30. The Labute approximate surface area is 281 Å². The lowest BCUT2D eigenvalue weighted by molar-refractivity contribution is 0.0999. The maximum absolute atomic E-state index is 14.3. The van der Waals surface area contributed by atoms with Crippen LogP contribution < -0.4 is 26.4 Å². The Morgan fingerprint density at radius 2 is 1.65 bits per heavy atom. The molecule has 1 saturated heterocycles. The SMILES string of the molecule is Cc1c(-c2cn(C)c(=O)c(Nc3ccc(N4CCOCC4)c(N)c3)n2)cccc1N(C(=O)c1ccc(C(C)(C)C)cc1)c1ccccc1. The molecule has 0 radical (unpaired) electrons. The van der Waals surface area contributed by atoms with Crippen molar-refractivity contribution in [2.24, 2.45) is 7.05 Å². The summed E-state index contributed by atoms with van der Waals surface area (Å²) in [6, 6.07) is 28.9. The maximum atomic E-state index is 14.3. The zero-order valence-corrected chi connectivity index (χ0v) is 28.2. The van der Waals surface area contributed by atoms with Gasteiger partial charge in [0.1, 0.15) is 0 Å². The highest BCUT2D eigenvalue weighted by molar-refractivity contribution is 6.11. The number of carbonyl (C=O) groups excluding carboxylic acids is 1. The van der Waals surface area contributed by atoms with Crippen molar-refractivity contribution >= 4 is 40.2 Å². The van der Waals surface area contributed by atoms with Crippen molar-refractivity contribution in [3.05, 3.63) is 124 Å². The third-order valence-corrected chi connectivity index (χ3v) is 8.75. The van der Waals surface area contributed by atoms with Crippen LogP contribution in [-0.4, -0.2) is 41.8 Å². The number of ether oxygens (including phenoxy) is 1. The minimum atomic E-state index is -0.275. The number of amides is 1. The third-order valence-electron chi connectivity index (χ3n) is 8.75. The molecule has 0 atom stereocenters. The molecule has 4 aromatic carbocycles. The van der Waals surface area contributed by atoms with E-state index in [1.54, 1.807) is 18.1 Å². The van der Waals surface area contributed by atoms with Crippen LogP contribution in [0.15, 0.2) is 102 Å². The summed E-state index contributed by atoms with van der Waals surface area (Å²) in [6.45, 7) is 11.3. The molecule has 1 aliphatic heterocycles. The van der Waals surface area contributed by atoms with Gasteiger partial charge < -0.3 is 25.3 Å². The topological polar surface area (TPSA) is 106 Å². The summed E-state index contributed by atoms with van der Waals surface area (Å²) in [5.74, 6) is 0.0315. The molecule has 246 valence electrons. The first kappa shape index (κ1) is 32.5. The number of nitrogen functional groups attached to an aromatic ring is 1. The van der Waals surface area contributed by atoms with E-state index in [4.69, 9.17) is 15.5 Å². The van der Waals surface area contributed by atoms with Crippen molar-refractivity contribution in [3.63, 3.8) is 0 Å². The van der Waals surface area contributed by atoms with Gasteiger partial charge in [-0.15, -0.1) is 0 Å². The first-order valence-corrected chi connectivity index (χ1v) is 16.2. The van der Waals surface area contributed by atoms with Gasteiger partial charge in [0.15, 0.2) is 5.82 Å². The predicted molar refractivity (Wildman–Crippen MR) is 195 cm³/mol. The van der Waals surface area contributed by atoms with Gasteiger partial charge in [0.25, 0.3) is 11.5 Å². The summed E-state index contributed by atoms with van der Waals surface area (Å²) >= 11 is 0. The van der Waals surface area contributed by atoms with Gasteiger partial charge in [-0.3, -0.25) is 14.5 Å². The van der Waals surface area contributed by atoms with Gasteiger partial charge in [-0.1, -0.05) is 63.2 Å². The van der Waals surface area contributed by atoms with Crippen molar-refractivity contribution in [2.75, 3.05) is 47.2 Å². The molecule has 0 saturated carbocycles. The number of aromatic nitrogens is 2. The molecule has 0 aliphatic carbocycles.